The van der Waals surface area contributed by atoms with Gasteiger partial charge in [-0.25, -0.2) is 0 Å². The van der Waals surface area contributed by atoms with E-state index in [2.05, 4.69) is 0 Å². The van der Waals surface area contributed by atoms with Crippen molar-refractivity contribution in [1.29, 1.82) is 0 Å². The lowest BCUT2D eigenvalue weighted by molar-refractivity contribution is -0.277. The molecule has 9 heteroatoms. The molecular weight excluding hydrogens is 360 g/mol. The van der Waals surface area contributed by atoms with Gasteiger partial charge in [0, 0.05) is 5.56 Å². The maximum Gasteiger partial charge on any atom is 0.307 e. The summed E-state index contributed by atoms with van der Waals surface area (Å²) in [5.41, 5.74) is 0.299. The van der Waals surface area contributed by atoms with Crippen LogP contribution in [0.3, 0.4) is 0 Å². The molecule has 0 saturated carbocycles. The molecule has 2 rings (SSSR count). The predicted molar refractivity (Wildman–Crippen MR) is 92.6 cm³/mol. The maximum absolute atomic E-state index is 11.2. The molecule has 0 aromatic heterocycles. The SMILES string of the molecule is CCCCOc1ccc(OC2O[C@H](CO)[C@@H](O)[C@H](O)[C@H]2O)c(CC(=O)O)c1. The fourth-order valence-corrected chi connectivity index (χ4v) is 2.69. The average Bonchev–Trinajstić information content (AvgIpc) is 2.63. The van der Waals surface area contributed by atoms with Crippen LogP contribution in [0, 0.1) is 0 Å². The molecule has 1 aliphatic heterocycles. The Hall–Kier alpha value is -1.91. The number of hydrogen-bond acceptors (Lipinski definition) is 8. The normalized spacial score (nSPS) is 28.0. The third kappa shape index (κ3) is 5.53. The summed E-state index contributed by atoms with van der Waals surface area (Å²) in [5, 5.41) is 48.1. The molecule has 9 nitrogen and oxygen atoms in total. The van der Waals surface area contributed by atoms with Crippen LogP contribution in [0.5, 0.6) is 11.5 Å². The van der Waals surface area contributed by atoms with Crippen molar-refractivity contribution in [1.82, 2.24) is 0 Å². The number of carboxylic acid groups (broad SMARTS) is 1. The van der Waals surface area contributed by atoms with E-state index in [0.717, 1.165) is 12.8 Å². The zero-order valence-corrected chi connectivity index (χ0v) is 15.0. The van der Waals surface area contributed by atoms with Crippen molar-refractivity contribution in [2.45, 2.75) is 56.9 Å². The highest BCUT2D eigenvalue weighted by molar-refractivity contribution is 5.71. The minimum Gasteiger partial charge on any atom is -0.494 e. The molecule has 1 heterocycles. The van der Waals surface area contributed by atoms with E-state index >= 15 is 0 Å². The number of unbranched alkanes of at least 4 members (excludes halogenated alkanes) is 1. The summed E-state index contributed by atoms with van der Waals surface area (Å²) in [5.74, 6) is -0.468. The fraction of sp³-hybridized carbons (Fsp3) is 0.611. The first kappa shape index (κ1) is 21.4. The molecule has 1 aliphatic rings. The summed E-state index contributed by atoms with van der Waals surface area (Å²) >= 11 is 0. The van der Waals surface area contributed by atoms with Crippen LogP contribution in [0.15, 0.2) is 18.2 Å². The van der Waals surface area contributed by atoms with E-state index in [4.69, 9.17) is 19.3 Å². The van der Waals surface area contributed by atoms with Gasteiger partial charge in [-0.15, -0.1) is 0 Å². The molecule has 152 valence electrons. The van der Waals surface area contributed by atoms with Gasteiger partial charge in [0.15, 0.2) is 0 Å². The standard InChI is InChI=1S/C18H26O9/c1-2-3-6-25-11-4-5-12(10(7-11)8-14(20)21)26-18-17(24)16(23)15(22)13(9-19)27-18/h4-5,7,13,15-19,22-24H,2-3,6,8-9H2,1H3,(H,20,21)/t13-,15-,16+,17-,18?/m1/s1. The minimum atomic E-state index is -1.58. The van der Waals surface area contributed by atoms with Crippen LogP contribution in [0.25, 0.3) is 0 Å². The highest BCUT2D eigenvalue weighted by Crippen LogP contribution is 2.29. The van der Waals surface area contributed by atoms with Crippen molar-refractivity contribution >= 4 is 5.97 Å². The molecule has 1 saturated heterocycles. The monoisotopic (exact) mass is 386 g/mol. The third-order valence-corrected chi connectivity index (χ3v) is 4.23. The van der Waals surface area contributed by atoms with Gasteiger partial charge in [0.1, 0.15) is 35.9 Å². The molecule has 5 atom stereocenters. The fourth-order valence-electron chi connectivity index (χ4n) is 2.69. The van der Waals surface area contributed by atoms with Crippen LogP contribution in [-0.2, 0) is 16.0 Å². The first-order valence-electron chi connectivity index (χ1n) is 8.82. The van der Waals surface area contributed by atoms with E-state index in [1.54, 1.807) is 6.07 Å². The molecule has 0 radical (unpaired) electrons. The van der Waals surface area contributed by atoms with E-state index in [-0.39, 0.29) is 12.2 Å². The van der Waals surface area contributed by atoms with Gasteiger partial charge < -0.3 is 39.7 Å². The summed E-state index contributed by atoms with van der Waals surface area (Å²) in [6, 6.07) is 4.62. The number of aliphatic hydroxyl groups excluding tert-OH is 4. The molecule has 0 bridgehead atoms. The zero-order chi connectivity index (χ0) is 20.0. The lowest BCUT2D eigenvalue weighted by Gasteiger charge is -2.39. The van der Waals surface area contributed by atoms with Crippen LogP contribution in [0.2, 0.25) is 0 Å². The van der Waals surface area contributed by atoms with Crippen molar-refractivity contribution in [3.63, 3.8) is 0 Å². The zero-order valence-electron chi connectivity index (χ0n) is 15.0. The molecule has 0 spiro atoms. The third-order valence-electron chi connectivity index (χ3n) is 4.23. The Bertz CT molecular complexity index is 619. The van der Waals surface area contributed by atoms with Gasteiger partial charge in [-0.1, -0.05) is 13.3 Å². The number of carbonyl (C=O) groups is 1. The summed E-state index contributed by atoms with van der Waals surface area (Å²) in [6.45, 7) is 1.93. The Balaban J connectivity index is 2.19. The quantitative estimate of drug-likeness (QED) is 0.360. The topological polar surface area (TPSA) is 146 Å². The van der Waals surface area contributed by atoms with Gasteiger partial charge in [0.2, 0.25) is 6.29 Å². The van der Waals surface area contributed by atoms with Crippen molar-refractivity contribution in [2.24, 2.45) is 0 Å². The number of aliphatic hydroxyl groups is 4. The van der Waals surface area contributed by atoms with Gasteiger partial charge >= 0.3 is 5.97 Å². The first-order valence-corrected chi connectivity index (χ1v) is 8.82. The Labute approximate surface area is 156 Å². The van der Waals surface area contributed by atoms with Crippen LogP contribution >= 0.6 is 0 Å². The summed E-state index contributed by atoms with van der Waals surface area (Å²) < 4.78 is 16.4. The molecule has 0 amide bonds. The number of aliphatic carboxylic acids is 1. The molecular formula is C18H26O9. The van der Waals surface area contributed by atoms with Gasteiger partial charge in [-0.2, -0.15) is 0 Å². The van der Waals surface area contributed by atoms with Crippen molar-refractivity contribution in [3.05, 3.63) is 23.8 Å². The van der Waals surface area contributed by atoms with E-state index < -0.39 is 43.3 Å². The highest BCUT2D eigenvalue weighted by atomic mass is 16.7. The molecule has 1 aromatic carbocycles. The summed E-state index contributed by atoms with van der Waals surface area (Å²) in [4.78, 5) is 11.2. The smallest absolute Gasteiger partial charge is 0.307 e. The highest BCUT2D eigenvalue weighted by Gasteiger charge is 2.44. The Morgan fingerprint density at radius 1 is 1.19 bits per heavy atom. The van der Waals surface area contributed by atoms with E-state index in [9.17, 15) is 25.2 Å². The van der Waals surface area contributed by atoms with E-state index in [0.29, 0.717) is 17.9 Å². The Morgan fingerprint density at radius 3 is 2.56 bits per heavy atom. The van der Waals surface area contributed by atoms with Crippen LogP contribution in [-0.4, -0.2) is 75.4 Å². The van der Waals surface area contributed by atoms with Gasteiger partial charge in [-0.3, -0.25) is 4.79 Å². The van der Waals surface area contributed by atoms with E-state index in [1.165, 1.54) is 12.1 Å². The summed E-state index contributed by atoms with van der Waals surface area (Å²) in [7, 11) is 0. The average molecular weight is 386 g/mol. The van der Waals surface area contributed by atoms with Gasteiger partial charge in [0.05, 0.1) is 19.6 Å². The Kier molecular flexibility index (Phi) is 7.81. The number of carboxylic acids is 1. The molecule has 1 fully saturated rings. The van der Waals surface area contributed by atoms with Crippen LogP contribution in [0.1, 0.15) is 25.3 Å². The van der Waals surface area contributed by atoms with Crippen molar-refractivity contribution < 1.29 is 44.5 Å². The van der Waals surface area contributed by atoms with E-state index in [1.807, 2.05) is 6.92 Å². The van der Waals surface area contributed by atoms with Gasteiger partial charge in [0.25, 0.3) is 0 Å². The second-order valence-corrected chi connectivity index (χ2v) is 6.36. The number of hydrogen-bond donors (Lipinski definition) is 5. The number of benzene rings is 1. The van der Waals surface area contributed by atoms with Crippen LogP contribution in [0.4, 0.5) is 0 Å². The van der Waals surface area contributed by atoms with Crippen LogP contribution < -0.4 is 9.47 Å². The lowest BCUT2D eigenvalue weighted by atomic mass is 9.99. The maximum atomic E-state index is 11.2. The molecule has 0 aliphatic carbocycles. The Morgan fingerprint density at radius 2 is 1.93 bits per heavy atom. The second-order valence-electron chi connectivity index (χ2n) is 6.36. The van der Waals surface area contributed by atoms with Gasteiger partial charge in [-0.05, 0) is 24.6 Å². The molecule has 1 unspecified atom stereocenters. The minimum absolute atomic E-state index is 0.129. The molecule has 27 heavy (non-hydrogen) atoms. The predicted octanol–water partition coefficient (Wildman–Crippen LogP) is -0.329. The largest absolute Gasteiger partial charge is 0.494 e. The number of rotatable bonds is 9. The van der Waals surface area contributed by atoms with Crippen molar-refractivity contribution in [2.75, 3.05) is 13.2 Å². The first-order chi connectivity index (χ1) is 12.9. The summed E-state index contributed by atoms with van der Waals surface area (Å²) in [6.07, 6.45) is -5.71. The molecule has 1 aromatic rings. The lowest BCUT2D eigenvalue weighted by Crippen LogP contribution is -2.60. The van der Waals surface area contributed by atoms with Crippen molar-refractivity contribution in [3.8, 4) is 11.5 Å². The number of ether oxygens (including phenoxy) is 3. The second kappa shape index (κ2) is 9.86. The molecule has 5 N–H and O–H groups in total.